The molecule has 2 nitrogen and oxygen atoms in total. The summed E-state index contributed by atoms with van der Waals surface area (Å²) in [6, 6.07) is 72.2. The minimum absolute atomic E-state index is 0.897. The van der Waals surface area contributed by atoms with Gasteiger partial charge in [-0.15, -0.1) is 11.3 Å². The fraction of sp³-hybridized carbons (Fsp3) is 0. The lowest BCUT2D eigenvalue weighted by molar-refractivity contribution is 0.670. The van der Waals surface area contributed by atoms with Crippen LogP contribution >= 0.6 is 11.3 Å². The molecule has 0 bridgehead atoms. The van der Waals surface area contributed by atoms with E-state index < -0.39 is 0 Å². The van der Waals surface area contributed by atoms with Crippen molar-refractivity contribution in [2.75, 3.05) is 4.90 Å². The van der Waals surface area contributed by atoms with Crippen LogP contribution in [0.2, 0.25) is 0 Å². The molecule has 0 aliphatic rings. The third kappa shape index (κ3) is 5.48. The molecule has 0 fully saturated rings. The van der Waals surface area contributed by atoms with E-state index in [1.165, 1.54) is 42.1 Å². The van der Waals surface area contributed by atoms with E-state index in [2.05, 4.69) is 199 Å². The van der Waals surface area contributed by atoms with E-state index in [1.807, 2.05) is 17.4 Å². The van der Waals surface area contributed by atoms with Gasteiger partial charge in [-0.05, 0) is 105 Å². The summed E-state index contributed by atoms with van der Waals surface area (Å²) < 4.78 is 9.12. The smallest absolute Gasteiger partial charge is 0.143 e. The van der Waals surface area contributed by atoms with Gasteiger partial charge in [0, 0.05) is 53.6 Å². The summed E-state index contributed by atoms with van der Waals surface area (Å²) in [5.41, 5.74) is 12.1. The van der Waals surface area contributed by atoms with Gasteiger partial charge >= 0.3 is 0 Å². The first-order chi connectivity index (χ1) is 27.2. The molecular weight excluding hydrogens is 687 g/mol. The maximum absolute atomic E-state index is 6.47. The molecule has 0 N–H and O–H groups in total. The number of para-hydroxylation sites is 1. The van der Waals surface area contributed by atoms with Crippen LogP contribution in [0, 0.1) is 0 Å². The van der Waals surface area contributed by atoms with Crippen LogP contribution in [0.4, 0.5) is 17.1 Å². The Kier molecular flexibility index (Phi) is 7.39. The molecule has 0 saturated heterocycles. The molecule has 0 aliphatic carbocycles. The monoisotopic (exact) mass is 719 g/mol. The van der Waals surface area contributed by atoms with Crippen molar-refractivity contribution in [2.45, 2.75) is 0 Å². The normalized spacial score (nSPS) is 11.6. The Balaban J connectivity index is 0.968. The van der Waals surface area contributed by atoms with Gasteiger partial charge in [-0.3, -0.25) is 0 Å². The number of fused-ring (bicyclic) bond motifs is 7. The molecular formula is C52H33NOS. The molecule has 0 amide bonds. The molecule has 2 heterocycles. The van der Waals surface area contributed by atoms with Gasteiger partial charge < -0.3 is 9.32 Å². The minimum atomic E-state index is 0.897. The topological polar surface area (TPSA) is 16.4 Å². The Morgan fingerprint density at radius 3 is 1.73 bits per heavy atom. The average Bonchev–Trinajstić information content (AvgIpc) is 3.82. The summed E-state index contributed by atoms with van der Waals surface area (Å²) in [5.74, 6) is 0. The maximum atomic E-state index is 6.47. The first-order valence-electron chi connectivity index (χ1n) is 18.7. The van der Waals surface area contributed by atoms with Crippen LogP contribution in [-0.2, 0) is 0 Å². The first kappa shape index (κ1) is 31.6. The Hall–Kier alpha value is -6.94. The van der Waals surface area contributed by atoms with E-state index in [-0.39, 0.29) is 0 Å². The molecule has 0 saturated carbocycles. The third-order valence-electron chi connectivity index (χ3n) is 10.9. The zero-order valence-corrected chi connectivity index (χ0v) is 30.6. The summed E-state index contributed by atoms with van der Waals surface area (Å²) >= 11 is 1.86. The van der Waals surface area contributed by atoms with Gasteiger partial charge in [-0.1, -0.05) is 133 Å². The van der Waals surface area contributed by atoms with Gasteiger partial charge in [0.1, 0.15) is 11.2 Å². The Morgan fingerprint density at radius 1 is 0.345 bits per heavy atom. The van der Waals surface area contributed by atoms with Crippen LogP contribution in [0.25, 0.3) is 86.3 Å². The molecule has 0 unspecified atom stereocenters. The SMILES string of the molecule is c1ccc(-c2cccc3c2oc2ccc(-c4ccc(N(c5ccc(-c6ccc7sc8ccccc8c7c6)cc5)c5ccc6ccccc6c5)cc4)cc23)cc1. The number of anilines is 3. The summed E-state index contributed by atoms with van der Waals surface area (Å²) in [5, 5.41) is 7.33. The largest absolute Gasteiger partial charge is 0.455 e. The molecule has 0 aliphatic heterocycles. The van der Waals surface area contributed by atoms with E-state index in [9.17, 15) is 0 Å². The van der Waals surface area contributed by atoms with Crippen molar-refractivity contribution in [3.8, 4) is 33.4 Å². The van der Waals surface area contributed by atoms with Gasteiger partial charge in [0.15, 0.2) is 0 Å². The van der Waals surface area contributed by atoms with Crippen molar-refractivity contribution in [1.82, 2.24) is 0 Å². The van der Waals surface area contributed by atoms with Gasteiger partial charge in [0.05, 0.1) is 0 Å². The molecule has 0 atom stereocenters. The quantitative estimate of drug-likeness (QED) is 0.170. The molecule has 0 spiro atoms. The van der Waals surface area contributed by atoms with Crippen molar-refractivity contribution < 1.29 is 4.42 Å². The number of hydrogen-bond donors (Lipinski definition) is 0. The number of nitrogens with zero attached hydrogens (tertiary/aromatic N) is 1. The van der Waals surface area contributed by atoms with Gasteiger partial charge in [-0.25, -0.2) is 0 Å². The Labute approximate surface area is 322 Å². The van der Waals surface area contributed by atoms with Crippen molar-refractivity contribution in [2.24, 2.45) is 0 Å². The zero-order valence-electron chi connectivity index (χ0n) is 29.8. The number of rotatable bonds is 6. The Morgan fingerprint density at radius 2 is 0.945 bits per heavy atom. The lowest BCUT2D eigenvalue weighted by atomic mass is 10.00. The molecule has 9 aromatic carbocycles. The number of furan rings is 1. The van der Waals surface area contributed by atoms with Crippen LogP contribution in [0.1, 0.15) is 0 Å². The number of benzene rings is 9. The highest BCUT2D eigenvalue weighted by Crippen LogP contribution is 2.41. The zero-order chi connectivity index (χ0) is 36.3. The lowest BCUT2D eigenvalue weighted by Gasteiger charge is -2.26. The molecule has 258 valence electrons. The van der Waals surface area contributed by atoms with Crippen molar-refractivity contribution in [3.05, 3.63) is 200 Å². The van der Waals surface area contributed by atoms with Gasteiger partial charge in [0.2, 0.25) is 0 Å². The average molecular weight is 720 g/mol. The van der Waals surface area contributed by atoms with Crippen LogP contribution in [0.15, 0.2) is 205 Å². The summed E-state index contributed by atoms with van der Waals surface area (Å²) in [6.45, 7) is 0. The van der Waals surface area contributed by atoms with Crippen molar-refractivity contribution >= 4 is 81.3 Å². The second-order valence-corrected chi connectivity index (χ2v) is 15.2. The summed E-state index contributed by atoms with van der Waals surface area (Å²) in [4.78, 5) is 2.35. The van der Waals surface area contributed by atoms with E-state index in [1.54, 1.807) is 0 Å². The molecule has 0 radical (unpaired) electrons. The second-order valence-electron chi connectivity index (χ2n) is 14.1. The van der Waals surface area contributed by atoms with Crippen LogP contribution in [0.3, 0.4) is 0 Å². The lowest BCUT2D eigenvalue weighted by Crippen LogP contribution is -2.09. The van der Waals surface area contributed by atoms with E-state index in [0.717, 1.165) is 61.3 Å². The molecule has 11 rings (SSSR count). The highest BCUT2D eigenvalue weighted by Gasteiger charge is 2.16. The van der Waals surface area contributed by atoms with E-state index >= 15 is 0 Å². The first-order valence-corrected chi connectivity index (χ1v) is 19.5. The van der Waals surface area contributed by atoms with E-state index in [4.69, 9.17) is 4.42 Å². The summed E-state index contributed by atoms with van der Waals surface area (Å²) in [6.07, 6.45) is 0. The third-order valence-corrected chi connectivity index (χ3v) is 12.0. The Bertz CT molecular complexity index is 3190. The van der Waals surface area contributed by atoms with Crippen molar-refractivity contribution in [3.63, 3.8) is 0 Å². The van der Waals surface area contributed by atoms with Crippen LogP contribution < -0.4 is 4.90 Å². The summed E-state index contributed by atoms with van der Waals surface area (Å²) in [7, 11) is 0. The second kappa shape index (κ2) is 12.9. The maximum Gasteiger partial charge on any atom is 0.143 e. The van der Waals surface area contributed by atoms with E-state index in [0.29, 0.717) is 0 Å². The molecule has 2 aromatic heterocycles. The van der Waals surface area contributed by atoms with Crippen LogP contribution in [-0.4, -0.2) is 0 Å². The van der Waals surface area contributed by atoms with Gasteiger partial charge in [0.25, 0.3) is 0 Å². The molecule has 3 heteroatoms. The highest BCUT2D eigenvalue weighted by atomic mass is 32.1. The standard InChI is InChI=1S/C52H33NOS/c1-2-10-37(11-3-1)44-14-8-15-46-47-32-39(22-29-49(47)54-52(44)46)35-17-24-41(25-18-35)53(43-28-21-34-9-4-5-12-38(34)31-43)42-26-19-36(20-27-42)40-23-30-51-48(33-40)45-13-6-7-16-50(45)55-51/h1-33H. The van der Waals surface area contributed by atoms with Crippen LogP contribution in [0.5, 0.6) is 0 Å². The number of thiophene rings is 1. The fourth-order valence-corrected chi connectivity index (χ4v) is 9.18. The molecule has 55 heavy (non-hydrogen) atoms. The fourth-order valence-electron chi connectivity index (χ4n) is 8.10. The predicted molar refractivity (Wildman–Crippen MR) is 235 cm³/mol. The van der Waals surface area contributed by atoms with Crippen molar-refractivity contribution in [1.29, 1.82) is 0 Å². The van der Waals surface area contributed by atoms with Gasteiger partial charge in [-0.2, -0.15) is 0 Å². The number of hydrogen-bond acceptors (Lipinski definition) is 3. The minimum Gasteiger partial charge on any atom is -0.455 e. The highest BCUT2D eigenvalue weighted by molar-refractivity contribution is 7.25. The molecule has 11 aromatic rings. The predicted octanol–water partition coefficient (Wildman–Crippen LogP) is 15.6.